The highest BCUT2D eigenvalue weighted by Gasteiger charge is 2.44. The number of H-pyrrole nitrogens is 2. The van der Waals surface area contributed by atoms with Gasteiger partial charge in [-0.1, -0.05) is 0 Å². The Balaban J connectivity index is 0.000000176. The number of carbonyl (C=O) groups excluding carboxylic acids is 2. The highest BCUT2D eigenvalue weighted by atomic mass is 19.1. The number of halogens is 2. The van der Waals surface area contributed by atoms with E-state index in [1.165, 1.54) is 36.7 Å². The number of aromatic nitrogens is 10. The molecule has 7 heterocycles. The lowest BCUT2D eigenvalue weighted by Gasteiger charge is -2.48. The molecule has 2 amide bonds. The van der Waals surface area contributed by atoms with Crippen LogP contribution in [0.2, 0.25) is 0 Å². The van der Waals surface area contributed by atoms with Gasteiger partial charge in [0, 0.05) is 50.4 Å². The predicted molar refractivity (Wildman–Crippen MR) is 208 cm³/mol. The van der Waals surface area contributed by atoms with Crippen LogP contribution >= 0.6 is 0 Å². The Hall–Kier alpha value is -7.31. The molecule has 1 fully saturated rings. The van der Waals surface area contributed by atoms with E-state index in [-0.39, 0.29) is 28.6 Å². The number of hydrogen-bond donors (Lipinski definition) is 4. The molecule has 0 aliphatic carbocycles. The Labute approximate surface area is 327 Å². The van der Waals surface area contributed by atoms with E-state index in [1.54, 1.807) is 52.9 Å². The lowest BCUT2D eigenvalue weighted by Crippen LogP contribution is -2.70. The number of aromatic carboxylic acids is 1. The predicted octanol–water partition coefficient (Wildman–Crippen LogP) is 5.74. The van der Waals surface area contributed by atoms with Gasteiger partial charge in [0.25, 0.3) is 5.91 Å². The summed E-state index contributed by atoms with van der Waals surface area (Å²) in [5, 5.41) is 22.5. The fraction of sp³-hybridized carbons (Fsp3) is 0.256. The van der Waals surface area contributed by atoms with E-state index in [0.717, 1.165) is 10.8 Å². The van der Waals surface area contributed by atoms with Gasteiger partial charge in [0.15, 0.2) is 11.3 Å². The molecular weight excluding hydrogens is 755 g/mol. The van der Waals surface area contributed by atoms with Crippen molar-refractivity contribution in [3.05, 3.63) is 83.9 Å². The number of aryl methyl sites for hydroxylation is 2. The third-order valence-electron chi connectivity index (χ3n) is 9.50. The molecule has 296 valence electrons. The largest absolute Gasteiger partial charge is 0.478 e. The van der Waals surface area contributed by atoms with Gasteiger partial charge in [-0.2, -0.15) is 10.2 Å². The van der Waals surface area contributed by atoms with Crippen molar-refractivity contribution >= 4 is 62.1 Å². The van der Waals surface area contributed by atoms with Crippen LogP contribution in [0.1, 0.15) is 48.4 Å². The number of ether oxygens (including phenoxy) is 1. The van der Waals surface area contributed by atoms with E-state index >= 15 is 0 Å². The van der Waals surface area contributed by atoms with Crippen LogP contribution in [0.25, 0.3) is 66.9 Å². The molecule has 0 unspecified atom stereocenters. The fourth-order valence-electron chi connectivity index (χ4n) is 6.86. The smallest absolute Gasteiger partial charge is 0.410 e. The number of carboxylic acids is 1. The molecule has 0 radical (unpaired) electrons. The maximum atomic E-state index is 13.7. The summed E-state index contributed by atoms with van der Waals surface area (Å²) in [5.41, 5.74) is 3.91. The summed E-state index contributed by atoms with van der Waals surface area (Å²) in [6, 6.07) is 8.78. The molecule has 17 nitrogen and oxygen atoms in total. The third-order valence-corrected chi connectivity index (χ3v) is 9.50. The van der Waals surface area contributed by atoms with E-state index in [0.29, 0.717) is 69.3 Å². The number of nitrogens with zero attached hydrogens (tertiary/aromatic N) is 9. The number of aromatic amines is 2. The highest BCUT2D eigenvalue weighted by molar-refractivity contribution is 6.05. The number of carboxylic acid groups (broad SMARTS) is 1. The fourth-order valence-corrected chi connectivity index (χ4v) is 6.86. The number of nitrogens with one attached hydrogen (secondary N) is 3. The second kappa shape index (κ2) is 13.7. The molecule has 6 aromatic heterocycles. The molecule has 2 aromatic carbocycles. The maximum Gasteiger partial charge on any atom is 0.410 e. The van der Waals surface area contributed by atoms with Gasteiger partial charge in [0.05, 0.1) is 34.5 Å². The number of carbonyl (C=O) groups is 3. The zero-order chi connectivity index (χ0) is 41.3. The van der Waals surface area contributed by atoms with Crippen LogP contribution in [-0.2, 0) is 18.8 Å². The first-order valence-corrected chi connectivity index (χ1v) is 17.9. The van der Waals surface area contributed by atoms with Crippen LogP contribution < -0.4 is 5.32 Å². The Morgan fingerprint density at radius 3 is 1.78 bits per heavy atom. The van der Waals surface area contributed by atoms with Crippen molar-refractivity contribution < 1.29 is 33.0 Å². The summed E-state index contributed by atoms with van der Waals surface area (Å²) in [7, 11) is 3.43. The Morgan fingerprint density at radius 1 is 0.810 bits per heavy atom. The molecule has 8 aromatic rings. The van der Waals surface area contributed by atoms with Crippen LogP contribution in [0.15, 0.2) is 61.2 Å². The van der Waals surface area contributed by atoms with E-state index in [4.69, 9.17) is 4.74 Å². The summed E-state index contributed by atoms with van der Waals surface area (Å²) in [6.07, 6.45) is 5.58. The van der Waals surface area contributed by atoms with Gasteiger partial charge in [-0.25, -0.2) is 38.3 Å². The van der Waals surface area contributed by atoms with Crippen molar-refractivity contribution in [2.24, 2.45) is 14.1 Å². The molecule has 58 heavy (non-hydrogen) atoms. The monoisotopic (exact) mass is 790 g/mol. The zero-order valence-corrected chi connectivity index (χ0v) is 32.0. The van der Waals surface area contributed by atoms with E-state index in [9.17, 15) is 28.3 Å². The quantitative estimate of drug-likeness (QED) is 0.165. The van der Waals surface area contributed by atoms with Crippen molar-refractivity contribution in [1.29, 1.82) is 0 Å². The first-order chi connectivity index (χ1) is 27.5. The number of rotatable bonds is 5. The molecule has 1 aliphatic rings. The van der Waals surface area contributed by atoms with Crippen molar-refractivity contribution in [1.82, 2.24) is 59.7 Å². The molecule has 19 heteroatoms. The van der Waals surface area contributed by atoms with Crippen molar-refractivity contribution in [3.8, 4) is 22.8 Å². The minimum atomic E-state index is -1.09. The lowest BCUT2D eigenvalue weighted by atomic mass is 9.92. The normalized spacial score (nSPS) is 13.8. The highest BCUT2D eigenvalue weighted by Crippen LogP contribution is 2.30. The van der Waals surface area contributed by atoms with E-state index in [2.05, 4.69) is 45.4 Å². The first kappa shape index (κ1) is 37.6. The van der Waals surface area contributed by atoms with Crippen molar-refractivity contribution in [2.75, 3.05) is 13.1 Å². The SMILES string of the molecule is Cn1nc(-c2cnc3[nH]cc(C(=O)NC4(C)CN(C(=O)OC(C)(C)C)C4)c3n2)c2ccc(F)cc21.Cn1nc(-c2cnc3[nH]cc(C(=O)O)c3n2)c2ccc(F)cc21. The second-order valence-corrected chi connectivity index (χ2v) is 15.2. The molecule has 0 spiro atoms. The van der Waals surface area contributed by atoms with Crippen LogP contribution in [-0.4, -0.2) is 102 Å². The van der Waals surface area contributed by atoms with Gasteiger partial charge in [0.1, 0.15) is 56.6 Å². The molecular formula is C39H36F2N12O5. The standard InChI is InChI=1S/C24H26FN7O3.C15H10FN5O2/c1-23(2,3)35-22(34)32-11-24(4,12-32)29-21(33)15-9-26-20-19(15)28-16(10-27-20)18-14-7-6-13(25)8-17(14)31(5)30-18;1-21-11-4-7(16)2-3-8(11)12(20-21)10-6-18-14-13(19-10)9(5-17-14)15(22)23/h6-10H,11-12H2,1-5H3,(H,26,27)(H,29,33);2-6H,1H3,(H,17,18)(H,22,23). The topological polar surface area (TPSA) is 215 Å². The Kier molecular flexibility index (Phi) is 8.89. The maximum absolute atomic E-state index is 13.7. The summed E-state index contributed by atoms with van der Waals surface area (Å²) < 4.78 is 35.6. The van der Waals surface area contributed by atoms with Crippen LogP contribution in [0.3, 0.4) is 0 Å². The molecule has 1 saturated heterocycles. The number of hydrogen-bond acceptors (Lipinski definition) is 10. The molecule has 9 rings (SSSR count). The summed E-state index contributed by atoms with van der Waals surface area (Å²) in [6.45, 7) is 7.97. The lowest BCUT2D eigenvalue weighted by molar-refractivity contribution is -0.0115. The van der Waals surface area contributed by atoms with Crippen LogP contribution in [0.4, 0.5) is 13.6 Å². The van der Waals surface area contributed by atoms with Gasteiger partial charge in [-0.3, -0.25) is 14.2 Å². The Bertz CT molecular complexity index is 2950. The molecule has 0 atom stereocenters. The van der Waals surface area contributed by atoms with Crippen LogP contribution in [0, 0.1) is 11.6 Å². The first-order valence-electron chi connectivity index (χ1n) is 17.9. The molecule has 4 N–H and O–H groups in total. The van der Waals surface area contributed by atoms with Gasteiger partial charge >= 0.3 is 12.1 Å². The minimum Gasteiger partial charge on any atom is -0.478 e. The second-order valence-electron chi connectivity index (χ2n) is 15.2. The number of likely N-dealkylation sites (tertiary alicyclic amines) is 1. The Morgan fingerprint density at radius 2 is 1.29 bits per heavy atom. The molecule has 1 aliphatic heterocycles. The summed E-state index contributed by atoms with van der Waals surface area (Å²) in [4.78, 5) is 61.5. The molecule has 0 bridgehead atoms. The van der Waals surface area contributed by atoms with Crippen molar-refractivity contribution in [3.63, 3.8) is 0 Å². The van der Waals surface area contributed by atoms with Crippen LogP contribution in [0.5, 0.6) is 0 Å². The summed E-state index contributed by atoms with van der Waals surface area (Å²) >= 11 is 0. The number of benzene rings is 2. The number of fused-ring (bicyclic) bond motifs is 4. The molecule has 0 saturated carbocycles. The summed E-state index contributed by atoms with van der Waals surface area (Å²) in [5.74, 6) is -2.13. The van der Waals surface area contributed by atoms with E-state index < -0.39 is 23.2 Å². The van der Waals surface area contributed by atoms with Gasteiger partial charge < -0.3 is 30.0 Å². The third kappa shape index (κ3) is 6.90. The van der Waals surface area contributed by atoms with Crippen molar-refractivity contribution in [2.45, 2.75) is 38.8 Å². The van der Waals surface area contributed by atoms with E-state index in [1.807, 2.05) is 27.7 Å². The average molecular weight is 791 g/mol. The minimum absolute atomic E-state index is 0.0423. The zero-order valence-electron chi connectivity index (χ0n) is 32.0. The van der Waals surface area contributed by atoms with Gasteiger partial charge in [-0.15, -0.1) is 0 Å². The van der Waals surface area contributed by atoms with Gasteiger partial charge in [0.2, 0.25) is 0 Å². The number of amides is 2. The average Bonchev–Trinajstić information content (AvgIpc) is 3.93. The van der Waals surface area contributed by atoms with Gasteiger partial charge in [-0.05, 0) is 64.1 Å².